The first-order chi connectivity index (χ1) is 8.02. The molecule has 86 valence electrons. The van der Waals surface area contributed by atoms with Gasteiger partial charge < -0.3 is 10.1 Å². The van der Waals surface area contributed by atoms with Crippen molar-refractivity contribution in [2.24, 2.45) is 0 Å². The van der Waals surface area contributed by atoms with Crippen molar-refractivity contribution < 1.29 is 10.0 Å². The Bertz CT molecular complexity index is 735. The fourth-order valence-electron chi connectivity index (χ4n) is 1.48. The van der Waals surface area contributed by atoms with Gasteiger partial charge in [0.1, 0.15) is 0 Å². The van der Waals surface area contributed by atoms with Gasteiger partial charge in [0.05, 0.1) is 10.4 Å². The number of aromatic nitrogens is 1. The number of hydrogen-bond acceptors (Lipinski definition) is 5. The molecule has 1 aromatic carbocycles. The quantitative estimate of drug-likeness (QED) is 0.551. The van der Waals surface area contributed by atoms with E-state index in [-0.39, 0.29) is 10.9 Å². The van der Waals surface area contributed by atoms with Gasteiger partial charge in [-0.1, -0.05) is 12.1 Å². The summed E-state index contributed by atoms with van der Waals surface area (Å²) in [6.45, 7) is 0. The zero-order chi connectivity index (χ0) is 12.6. The molecule has 2 N–H and O–H groups in total. The third-order valence-electron chi connectivity index (χ3n) is 2.26. The van der Waals surface area contributed by atoms with Gasteiger partial charge in [-0.3, -0.25) is 19.7 Å². The zero-order valence-corrected chi connectivity index (χ0v) is 8.34. The first kappa shape index (κ1) is 10.8. The van der Waals surface area contributed by atoms with E-state index in [9.17, 15) is 24.8 Å². The van der Waals surface area contributed by atoms with Crippen LogP contribution in [0.5, 0.6) is 5.75 Å². The second-order valence-corrected chi connectivity index (χ2v) is 3.28. The van der Waals surface area contributed by atoms with Crippen LogP contribution in [-0.2, 0) is 0 Å². The van der Waals surface area contributed by atoms with Crippen LogP contribution in [-0.4, -0.2) is 15.0 Å². The van der Waals surface area contributed by atoms with E-state index >= 15 is 0 Å². The van der Waals surface area contributed by atoms with Gasteiger partial charge in [0.15, 0.2) is 0 Å². The van der Waals surface area contributed by atoms with Crippen LogP contribution < -0.4 is 11.0 Å². The van der Waals surface area contributed by atoms with Crippen LogP contribution in [0.1, 0.15) is 0 Å². The van der Waals surface area contributed by atoms with Crippen molar-refractivity contribution in [1.82, 2.24) is 4.98 Å². The van der Waals surface area contributed by atoms with Crippen molar-refractivity contribution in [3.8, 4) is 5.75 Å². The van der Waals surface area contributed by atoms with Crippen molar-refractivity contribution in [2.45, 2.75) is 0 Å². The molecule has 7 heteroatoms. The minimum Gasteiger partial charge on any atom is -0.499 e. The van der Waals surface area contributed by atoms with Gasteiger partial charge in [0.2, 0.25) is 11.2 Å². The van der Waals surface area contributed by atoms with E-state index in [1.54, 1.807) is 6.07 Å². The minimum absolute atomic E-state index is 0.00944. The third kappa shape index (κ3) is 1.63. The molecule has 0 fully saturated rings. The van der Waals surface area contributed by atoms with Gasteiger partial charge in [-0.25, -0.2) is 0 Å². The van der Waals surface area contributed by atoms with Crippen molar-refractivity contribution in [1.29, 1.82) is 0 Å². The Labute approximate surface area is 93.1 Å². The predicted molar refractivity (Wildman–Crippen MR) is 59.2 cm³/mol. The molecule has 0 spiro atoms. The Hall–Kier alpha value is -2.70. The Morgan fingerprint density at radius 3 is 2.53 bits per heavy atom. The molecule has 0 saturated heterocycles. The fourth-order valence-corrected chi connectivity index (χ4v) is 1.48. The molecular weight excluding hydrogens is 228 g/mol. The summed E-state index contributed by atoms with van der Waals surface area (Å²) < 4.78 is 0. The van der Waals surface area contributed by atoms with Gasteiger partial charge >= 0.3 is 11.2 Å². The van der Waals surface area contributed by atoms with Gasteiger partial charge in [0.25, 0.3) is 0 Å². The standard InChI is InChI=1S/C10H6N2O5/c13-8-5-3-1-2-4-6(5)11-10(15)7(9(8)14)12(16)17/h1-4H,(H,11,15)(H,13,14). The van der Waals surface area contributed by atoms with Gasteiger partial charge in [-0.2, -0.15) is 0 Å². The number of para-hydroxylation sites is 1. The minimum atomic E-state index is -1.16. The normalized spacial score (nSPS) is 10.4. The van der Waals surface area contributed by atoms with Crippen molar-refractivity contribution in [2.75, 3.05) is 0 Å². The molecule has 0 bridgehead atoms. The molecule has 0 radical (unpaired) electrons. The highest BCUT2D eigenvalue weighted by Gasteiger charge is 2.22. The highest BCUT2D eigenvalue weighted by atomic mass is 16.6. The largest absolute Gasteiger partial charge is 0.499 e. The number of fused-ring (bicyclic) bond motifs is 1. The highest BCUT2D eigenvalue weighted by molar-refractivity contribution is 5.79. The number of rotatable bonds is 1. The fraction of sp³-hybridized carbons (Fsp3) is 0. The Morgan fingerprint density at radius 1 is 1.24 bits per heavy atom. The smallest absolute Gasteiger partial charge is 0.379 e. The van der Waals surface area contributed by atoms with Gasteiger partial charge in [-0.05, 0) is 12.1 Å². The van der Waals surface area contributed by atoms with E-state index in [4.69, 9.17) is 0 Å². The summed E-state index contributed by atoms with van der Waals surface area (Å²) in [7, 11) is 0. The molecule has 0 atom stereocenters. The summed E-state index contributed by atoms with van der Waals surface area (Å²) in [5.74, 6) is -1.16. The highest BCUT2D eigenvalue weighted by Crippen LogP contribution is 2.16. The molecule has 7 nitrogen and oxygen atoms in total. The summed E-state index contributed by atoms with van der Waals surface area (Å²) in [5, 5.41) is 20.0. The van der Waals surface area contributed by atoms with Crippen molar-refractivity contribution in [3.63, 3.8) is 0 Å². The monoisotopic (exact) mass is 234 g/mol. The Kier molecular flexibility index (Phi) is 2.36. The molecule has 0 aliphatic carbocycles. The first-order valence-electron chi connectivity index (χ1n) is 4.55. The lowest BCUT2D eigenvalue weighted by molar-refractivity contribution is -0.387. The van der Waals surface area contributed by atoms with Gasteiger partial charge in [-0.15, -0.1) is 0 Å². The van der Waals surface area contributed by atoms with Crippen LogP contribution in [0, 0.1) is 10.1 Å². The van der Waals surface area contributed by atoms with Crippen LogP contribution >= 0.6 is 0 Å². The molecule has 1 aromatic heterocycles. The molecule has 0 unspecified atom stereocenters. The number of nitrogens with zero attached hydrogens (tertiary/aromatic N) is 1. The van der Waals surface area contributed by atoms with Gasteiger partial charge in [0, 0.05) is 5.39 Å². The molecule has 0 aliphatic rings. The average molecular weight is 234 g/mol. The van der Waals surface area contributed by atoms with E-state index in [1.165, 1.54) is 18.2 Å². The number of aromatic amines is 1. The van der Waals surface area contributed by atoms with Crippen molar-refractivity contribution >= 4 is 16.6 Å². The lowest BCUT2D eigenvalue weighted by Crippen LogP contribution is -2.09. The second kappa shape index (κ2) is 3.71. The summed E-state index contributed by atoms with van der Waals surface area (Å²) in [6, 6.07) is 5.85. The number of benzene rings is 1. The van der Waals surface area contributed by atoms with Crippen LogP contribution in [0.4, 0.5) is 5.69 Å². The van der Waals surface area contributed by atoms with E-state index < -0.39 is 27.3 Å². The predicted octanol–water partition coefficient (Wildman–Crippen LogP) is 0.502. The molecule has 0 saturated carbocycles. The number of H-pyrrole nitrogens is 1. The Morgan fingerprint density at radius 2 is 1.88 bits per heavy atom. The van der Waals surface area contributed by atoms with Crippen LogP contribution in [0.25, 0.3) is 10.9 Å². The summed E-state index contributed by atoms with van der Waals surface area (Å²) >= 11 is 0. The van der Waals surface area contributed by atoms with E-state index in [0.717, 1.165) is 0 Å². The maximum absolute atomic E-state index is 11.7. The molecule has 2 rings (SSSR count). The first-order valence-corrected chi connectivity index (χ1v) is 4.55. The van der Waals surface area contributed by atoms with Crippen molar-refractivity contribution in [3.05, 3.63) is 55.0 Å². The summed E-state index contributed by atoms with van der Waals surface area (Å²) in [4.78, 5) is 34.8. The average Bonchev–Trinajstić information content (AvgIpc) is 2.36. The Balaban J connectivity index is 3.15. The number of hydrogen-bond donors (Lipinski definition) is 2. The molecule has 1 heterocycles. The zero-order valence-electron chi connectivity index (χ0n) is 8.34. The second-order valence-electron chi connectivity index (χ2n) is 3.28. The van der Waals surface area contributed by atoms with E-state index in [2.05, 4.69) is 4.98 Å². The lowest BCUT2D eigenvalue weighted by atomic mass is 10.2. The molecule has 17 heavy (non-hydrogen) atoms. The lowest BCUT2D eigenvalue weighted by Gasteiger charge is -1.88. The van der Waals surface area contributed by atoms with E-state index in [1.807, 2.05) is 0 Å². The maximum atomic E-state index is 11.7. The number of nitro groups is 1. The van der Waals surface area contributed by atoms with Crippen LogP contribution in [0.3, 0.4) is 0 Å². The summed E-state index contributed by atoms with van der Waals surface area (Å²) in [6.07, 6.45) is 0. The third-order valence-corrected chi connectivity index (χ3v) is 2.26. The van der Waals surface area contributed by atoms with Crippen LogP contribution in [0.15, 0.2) is 33.9 Å². The van der Waals surface area contributed by atoms with Crippen LogP contribution in [0.2, 0.25) is 0 Å². The number of aromatic hydroxyl groups is 1. The summed E-state index contributed by atoms with van der Waals surface area (Å²) in [5.41, 5.74) is -3.09. The number of nitrogens with one attached hydrogen (secondary N) is 1. The molecule has 0 aliphatic heterocycles. The molecular formula is C10H6N2O5. The topological polar surface area (TPSA) is 113 Å². The maximum Gasteiger partial charge on any atom is 0.379 e. The molecule has 2 aromatic rings. The SMILES string of the molecule is O=c1[nH]c2ccccc2c(=O)c(O)c1[N+](=O)[O-]. The van der Waals surface area contributed by atoms with E-state index in [0.29, 0.717) is 0 Å². The molecule has 0 amide bonds.